The molecule has 1 aromatic carbocycles. The van der Waals surface area contributed by atoms with E-state index in [0.29, 0.717) is 44.7 Å². The normalized spacial score (nSPS) is 18.1. The van der Waals surface area contributed by atoms with Gasteiger partial charge in [-0.3, -0.25) is 14.6 Å². The van der Waals surface area contributed by atoms with E-state index in [1.54, 1.807) is 17.0 Å². The fourth-order valence-corrected chi connectivity index (χ4v) is 3.77. The molecule has 0 aliphatic carbocycles. The van der Waals surface area contributed by atoms with Crippen molar-refractivity contribution in [3.63, 3.8) is 0 Å². The number of pyridine rings is 1. The Labute approximate surface area is 170 Å². The summed E-state index contributed by atoms with van der Waals surface area (Å²) in [5, 5.41) is 2.92. The topological polar surface area (TPSA) is 80.8 Å². The number of amides is 2. The number of carbonyl (C=O) groups is 2. The van der Waals surface area contributed by atoms with Crippen LogP contribution in [0, 0.1) is 13.8 Å². The van der Waals surface area contributed by atoms with Gasteiger partial charge in [-0.1, -0.05) is 12.1 Å². The van der Waals surface area contributed by atoms with E-state index >= 15 is 0 Å². The average Bonchev–Trinajstić information content (AvgIpc) is 3.19. The molecule has 7 nitrogen and oxygen atoms in total. The van der Waals surface area contributed by atoms with Gasteiger partial charge in [0.15, 0.2) is 5.79 Å². The number of benzene rings is 1. The Hall–Kier alpha value is -2.77. The van der Waals surface area contributed by atoms with Crippen molar-refractivity contribution in [1.82, 2.24) is 9.88 Å². The molecule has 2 aliphatic rings. The minimum absolute atomic E-state index is 0.181. The first-order chi connectivity index (χ1) is 14.0. The lowest BCUT2D eigenvalue weighted by atomic mass is 10.0. The van der Waals surface area contributed by atoms with Gasteiger partial charge < -0.3 is 19.7 Å². The molecule has 1 N–H and O–H groups in total. The number of rotatable bonds is 3. The molecule has 2 aliphatic heterocycles. The van der Waals surface area contributed by atoms with Crippen LogP contribution in [0.3, 0.4) is 0 Å². The Balaban J connectivity index is 1.45. The lowest BCUT2D eigenvalue weighted by molar-refractivity contribution is -0.181. The number of hydrogen-bond acceptors (Lipinski definition) is 5. The molecule has 2 fully saturated rings. The zero-order valence-electron chi connectivity index (χ0n) is 16.7. The van der Waals surface area contributed by atoms with Crippen LogP contribution >= 0.6 is 0 Å². The van der Waals surface area contributed by atoms with E-state index in [1.165, 1.54) is 6.20 Å². The summed E-state index contributed by atoms with van der Waals surface area (Å²) < 4.78 is 11.4. The molecular formula is C22H25N3O4. The average molecular weight is 395 g/mol. The van der Waals surface area contributed by atoms with Crippen LogP contribution in [0.2, 0.25) is 0 Å². The number of nitrogens with zero attached hydrogens (tertiary/aromatic N) is 2. The summed E-state index contributed by atoms with van der Waals surface area (Å²) in [6.45, 7) is 6.25. The van der Waals surface area contributed by atoms with Crippen LogP contribution in [0.5, 0.6) is 0 Å². The van der Waals surface area contributed by atoms with Gasteiger partial charge in [0.25, 0.3) is 11.8 Å². The van der Waals surface area contributed by atoms with Crippen LogP contribution < -0.4 is 5.32 Å². The monoisotopic (exact) mass is 395 g/mol. The van der Waals surface area contributed by atoms with E-state index in [2.05, 4.69) is 10.3 Å². The highest BCUT2D eigenvalue weighted by molar-refractivity contribution is 6.06. The molecule has 2 amide bonds. The number of aromatic nitrogens is 1. The van der Waals surface area contributed by atoms with Gasteiger partial charge in [0.2, 0.25) is 0 Å². The Morgan fingerprint density at radius 1 is 1.10 bits per heavy atom. The third-order valence-electron chi connectivity index (χ3n) is 5.72. The first-order valence-electron chi connectivity index (χ1n) is 9.88. The van der Waals surface area contributed by atoms with Crippen molar-refractivity contribution in [2.45, 2.75) is 32.5 Å². The number of nitrogens with one attached hydrogen (secondary N) is 1. The van der Waals surface area contributed by atoms with Gasteiger partial charge in [-0.25, -0.2) is 0 Å². The standard InChI is InChI=1S/C22H25N3O4/c1-15-4-3-5-18(16(15)2)24-20(26)17-6-9-23-19(14-17)21(27)25-10-7-22(8-11-25)28-12-13-29-22/h3-6,9,14H,7-8,10-13H2,1-2H3,(H,24,26). The molecule has 1 spiro atoms. The maximum atomic E-state index is 12.9. The van der Waals surface area contributed by atoms with Crippen molar-refractivity contribution in [2.75, 3.05) is 31.6 Å². The highest BCUT2D eigenvalue weighted by atomic mass is 16.7. The van der Waals surface area contributed by atoms with Crippen LogP contribution in [0.15, 0.2) is 36.5 Å². The van der Waals surface area contributed by atoms with Gasteiger partial charge in [-0.15, -0.1) is 0 Å². The molecule has 2 saturated heterocycles. The maximum absolute atomic E-state index is 12.9. The van der Waals surface area contributed by atoms with Gasteiger partial charge in [0, 0.05) is 43.4 Å². The fourth-order valence-electron chi connectivity index (χ4n) is 3.77. The van der Waals surface area contributed by atoms with Crippen molar-refractivity contribution in [2.24, 2.45) is 0 Å². The van der Waals surface area contributed by atoms with Gasteiger partial charge >= 0.3 is 0 Å². The Kier molecular flexibility index (Phi) is 5.34. The summed E-state index contributed by atoms with van der Waals surface area (Å²) in [7, 11) is 0. The number of anilines is 1. The number of ether oxygens (including phenoxy) is 2. The summed E-state index contributed by atoms with van der Waals surface area (Å²) in [5.74, 6) is -0.975. The summed E-state index contributed by atoms with van der Waals surface area (Å²) in [6, 6.07) is 8.93. The van der Waals surface area contributed by atoms with Gasteiger partial charge in [-0.2, -0.15) is 0 Å². The molecule has 152 valence electrons. The lowest BCUT2D eigenvalue weighted by Crippen LogP contribution is -2.47. The highest BCUT2D eigenvalue weighted by Crippen LogP contribution is 2.31. The maximum Gasteiger partial charge on any atom is 0.272 e. The molecule has 0 radical (unpaired) electrons. The smallest absolute Gasteiger partial charge is 0.272 e. The Morgan fingerprint density at radius 2 is 1.83 bits per heavy atom. The number of aryl methyl sites for hydroxylation is 1. The van der Waals surface area contributed by atoms with Crippen LogP contribution in [-0.2, 0) is 9.47 Å². The number of piperidine rings is 1. The van der Waals surface area contributed by atoms with Gasteiger partial charge in [-0.05, 0) is 43.2 Å². The van der Waals surface area contributed by atoms with E-state index in [1.807, 2.05) is 32.0 Å². The van der Waals surface area contributed by atoms with Crippen molar-refractivity contribution in [1.29, 1.82) is 0 Å². The molecule has 29 heavy (non-hydrogen) atoms. The molecule has 0 unspecified atom stereocenters. The zero-order valence-corrected chi connectivity index (χ0v) is 16.7. The first-order valence-corrected chi connectivity index (χ1v) is 9.88. The van der Waals surface area contributed by atoms with Crippen LogP contribution in [0.25, 0.3) is 0 Å². The van der Waals surface area contributed by atoms with Crippen molar-refractivity contribution >= 4 is 17.5 Å². The van der Waals surface area contributed by atoms with E-state index < -0.39 is 5.79 Å². The molecule has 1 aromatic heterocycles. The van der Waals surface area contributed by atoms with Crippen LogP contribution in [0.1, 0.15) is 44.8 Å². The predicted molar refractivity (Wildman–Crippen MR) is 108 cm³/mol. The molecule has 7 heteroatoms. The van der Waals surface area contributed by atoms with Crippen LogP contribution in [-0.4, -0.2) is 53.8 Å². The molecule has 2 aromatic rings. The quantitative estimate of drug-likeness (QED) is 0.864. The van der Waals surface area contributed by atoms with E-state index in [4.69, 9.17) is 9.47 Å². The van der Waals surface area contributed by atoms with Gasteiger partial charge in [0.05, 0.1) is 13.2 Å². The van der Waals surface area contributed by atoms with Crippen molar-refractivity contribution in [3.8, 4) is 0 Å². The number of hydrogen-bond donors (Lipinski definition) is 1. The summed E-state index contributed by atoms with van der Waals surface area (Å²) in [6.07, 6.45) is 2.79. The summed E-state index contributed by atoms with van der Waals surface area (Å²) in [4.78, 5) is 31.5. The second kappa shape index (κ2) is 7.93. The second-order valence-corrected chi connectivity index (χ2v) is 7.53. The second-order valence-electron chi connectivity index (χ2n) is 7.53. The fraction of sp³-hybridized carbons (Fsp3) is 0.409. The molecule has 3 heterocycles. The van der Waals surface area contributed by atoms with Crippen molar-refractivity contribution < 1.29 is 19.1 Å². The van der Waals surface area contributed by atoms with E-state index in [-0.39, 0.29) is 17.5 Å². The molecule has 0 atom stereocenters. The predicted octanol–water partition coefficient (Wildman–Crippen LogP) is 2.93. The molecule has 4 rings (SSSR count). The Morgan fingerprint density at radius 3 is 2.55 bits per heavy atom. The van der Waals surface area contributed by atoms with Crippen LogP contribution in [0.4, 0.5) is 5.69 Å². The largest absolute Gasteiger partial charge is 0.347 e. The molecular weight excluding hydrogens is 370 g/mol. The minimum atomic E-state index is -0.530. The molecule has 0 bridgehead atoms. The summed E-state index contributed by atoms with van der Waals surface area (Å²) in [5.41, 5.74) is 3.55. The number of carbonyl (C=O) groups excluding carboxylic acids is 2. The SMILES string of the molecule is Cc1cccc(NC(=O)c2ccnc(C(=O)N3CCC4(CC3)OCCO4)c2)c1C. The third kappa shape index (κ3) is 4.02. The van der Waals surface area contributed by atoms with E-state index in [9.17, 15) is 9.59 Å². The van der Waals surface area contributed by atoms with Gasteiger partial charge in [0.1, 0.15) is 5.69 Å². The molecule has 0 saturated carbocycles. The first kappa shape index (κ1) is 19.5. The zero-order chi connectivity index (χ0) is 20.4. The number of likely N-dealkylation sites (tertiary alicyclic amines) is 1. The van der Waals surface area contributed by atoms with E-state index in [0.717, 1.165) is 16.8 Å². The Bertz CT molecular complexity index is 927. The van der Waals surface area contributed by atoms with Crippen molar-refractivity contribution in [3.05, 3.63) is 58.9 Å². The highest BCUT2D eigenvalue weighted by Gasteiger charge is 2.41. The lowest BCUT2D eigenvalue weighted by Gasteiger charge is -2.37. The minimum Gasteiger partial charge on any atom is -0.347 e. The third-order valence-corrected chi connectivity index (χ3v) is 5.72. The summed E-state index contributed by atoms with van der Waals surface area (Å²) >= 11 is 0.